The van der Waals surface area contributed by atoms with Crippen LogP contribution in [0.2, 0.25) is 0 Å². The van der Waals surface area contributed by atoms with Gasteiger partial charge in [-0.3, -0.25) is 9.48 Å². The molecule has 2 aromatic heterocycles. The van der Waals surface area contributed by atoms with Crippen LogP contribution in [0.5, 0.6) is 5.75 Å². The van der Waals surface area contributed by atoms with Crippen LogP contribution in [0.25, 0.3) is 11.0 Å². The number of aromatic nitrogens is 2. The van der Waals surface area contributed by atoms with Crippen molar-refractivity contribution in [3.05, 3.63) is 83.4 Å². The van der Waals surface area contributed by atoms with Crippen LogP contribution in [-0.2, 0) is 22.5 Å². The zero-order valence-corrected chi connectivity index (χ0v) is 20.2. The molecule has 1 atom stereocenters. The van der Waals surface area contributed by atoms with Gasteiger partial charge in [-0.25, -0.2) is 4.79 Å². The van der Waals surface area contributed by atoms with Crippen molar-refractivity contribution in [3.8, 4) is 5.75 Å². The fourth-order valence-electron chi connectivity index (χ4n) is 3.92. The predicted octanol–water partition coefficient (Wildman–Crippen LogP) is 4.36. The lowest BCUT2D eigenvalue weighted by molar-refractivity contribution is -0.192. The summed E-state index contributed by atoms with van der Waals surface area (Å²) in [6.45, 7) is 1.63. The van der Waals surface area contributed by atoms with E-state index in [1.807, 2.05) is 35.0 Å². The third-order valence-electron chi connectivity index (χ3n) is 5.70. The number of hydrogen-bond donors (Lipinski definition) is 2. The number of halogens is 3. The van der Waals surface area contributed by atoms with Gasteiger partial charge in [0.25, 0.3) is 5.91 Å². The minimum atomic E-state index is -5.08. The van der Waals surface area contributed by atoms with Crippen LogP contribution in [0.15, 0.2) is 65.2 Å². The third-order valence-corrected chi connectivity index (χ3v) is 5.70. The summed E-state index contributed by atoms with van der Waals surface area (Å²) in [5, 5.41) is 15.6. The van der Waals surface area contributed by atoms with Gasteiger partial charge in [0.15, 0.2) is 17.1 Å². The number of nitrogens with zero attached hydrogens (tertiary/aromatic N) is 2. The predicted molar refractivity (Wildman–Crippen MR) is 129 cm³/mol. The molecule has 12 heteroatoms. The highest BCUT2D eigenvalue weighted by molar-refractivity contribution is 5.97. The van der Waals surface area contributed by atoms with E-state index >= 15 is 0 Å². The largest absolute Gasteiger partial charge is 0.493 e. The molecule has 1 amide bonds. The lowest BCUT2D eigenvalue weighted by Crippen LogP contribution is -2.31. The highest BCUT2D eigenvalue weighted by Gasteiger charge is 2.38. The molecule has 2 aromatic carbocycles. The standard InChI is InChI=1S/C24H23N3O4.C2HF3O2/c1-29-19-9-5-8-17-12-20(31-23(17)19)24(28)25-13-21-22-18(10-11-30-21)15-27(26-22)14-16-6-3-2-4-7-16;3-2(4,5)1(6)7/h2-9,12,15,21H,10-11,13-14H2,1H3,(H,25,28);(H,6,7). The summed E-state index contributed by atoms with van der Waals surface area (Å²) < 4.78 is 50.6. The molecule has 0 spiro atoms. The summed E-state index contributed by atoms with van der Waals surface area (Å²) in [7, 11) is 1.58. The lowest BCUT2D eigenvalue weighted by Gasteiger charge is -2.22. The molecular weight excluding hydrogens is 507 g/mol. The Morgan fingerprint density at radius 2 is 1.92 bits per heavy atom. The minimum absolute atomic E-state index is 0.241. The van der Waals surface area contributed by atoms with Crippen LogP contribution in [0.4, 0.5) is 13.2 Å². The van der Waals surface area contributed by atoms with E-state index in [4.69, 9.17) is 28.9 Å². The van der Waals surface area contributed by atoms with Gasteiger partial charge >= 0.3 is 12.1 Å². The average Bonchev–Trinajstić information content (AvgIpc) is 3.52. The highest BCUT2D eigenvalue weighted by atomic mass is 19.4. The first-order valence-electron chi connectivity index (χ1n) is 11.5. The van der Waals surface area contributed by atoms with Crippen molar-refractivity contribution >= 4 is 22.8 Å². The van der Waals surface area contributed by atoms with Gasteiger partial charge in [-0.05, 0) is 29.7 Å². The molecular formula is C26H24F3N3O6. The van der Waals surface area contributed by atoms with Gasteiger partial charge in [0.05, 0.1) is 26.0 Å². The number of nitrogens with one attached hydrogen (secondary N) is 1. The van der Waals surface area contributed by atoms with Crippen LogP contribution in [0.3, 0.4) is 0 Å². The maximum absolute atomic E-state index is 12.7. The number of carboxylic acids is 1. The van der Waals surface area contributed by atoms with Crippen molar-refractivity contribution in [2.75, 3.05) is 20.3 Å². The number of hydrogen-bond acceptors (Lipinski definition) is 6. The van der Waals surface area contributed by atoms with Crippen molar-refractivity contribution in [3.63, 3.8) is 0 Å². The van der Waals surface area contributed by atoms with Crippen molar-refractivity contribution in [2.45, 2.75) is 25.2 Å². The SMILES string of the molecule is COc1cccc2cc(C(=O)NCC3OCCc4cn(Cc5ccccc5)nc43)oc12.O=C(O)C(F)(F)F. The van der Waals surface area contributed by atoms with Crippen molar-refractivity contribution in [1.82, 2.24) is 15.1 Å². The number of carboxylic acid groups (broad SMARTS) is 1. The summed E-state index contributed by atoms with van der Waals surface area (Å²) in [6.07, 6.45) is -2.48. The Bertz CT molecular complexity index is 1410. The second kappa shape index (κ2) is 11.4. The molecule has 0 fully saturated rings. The Morgan fingerprint density at radius 1 is 1.18 bits per heavy atom. The summed E-state index contributed by atoms with van der Waals surface area (Å²) in [5.41, 5.74) is 3.79. The van der Waals surface area contributed by atoms with E-state index in [-0.39, 0.29) is 17.8 Å². The van der Waals surface area contributed by atoms with Gasteiger partial charge in [-0.1, -0.05) is 42.5 Å². The molecule has 2 N–H and O–H groups in total. The fourth-order valence-corrected chi connectivity index (χ4v) is 3.92. The number of furan rings is 1. The molecule has 1 aliphatic rings. The molecule has 38 heavy (non-hydrogen) atoms. The molecule has 200 valence electrons. The molecule has 0 saturated carbocycles. The van der Waals surface area contributed by atoms with E-state index in [2.05, 4.69) is 23.6 Å². The zero-order chi connectivity index (χ0) is 27.3. The van der Waals surface area contributed by atoms with E-state index in [0.717, 1.165) is 23.1 Å². The topological polar surface area (TPSA) is 116 Å². The van der Waals surface area contributed by atoms with Gasteiger partial charge in [-0.2, -0.15) is 18.3 Å². The molecule has 0 aliphatic carbocycles. The number of benzene rings is 2. The van der Waals surface area contributed by atoms with Gasteiger partial charge in [0.2, 0.25) is 0 Å². The fraction of sp³-hybridized carbons (Fsp3) is 0.269. The average molecular weight is 531 g/mol. The van der Waals surface area contributed by atoms with Crippen LogP contribution in [0.1, 0.15) is 33.5 Å². The van der Waals surface area contributed by atoms with E-state index in [9.17, 15) is 18.0 Å². The van der Waals surface area contributed by atoms with E-state index < -0.39 is 12.1 Å². The van der Waals surface area contributed by atoms with Gasteiger partial charge in [-0.15, -0.1) is 0 Å². The molecule has 5 rings (SSSR count). The normalized spacial score (nSPS) is 14.8. The first-order chi connectivity index (χ1) is 18.2. The number of methoxy groups -OCH3 is 1. The molecule has 3 heterocycles. The molecule has 1 unspecified atom stereocenters. The Hall–Kier alpha value is -4.32. The van der Waals surface area contributed by atoms with Crippen molar-refractivity contribution in [1.29, 1.82) is 0 Å². The van der Waals surface area contributed by atoms with Gasteiger partial charge in [0, 0.05) is 18.1 Å². The summed E-state index contributed by atoms with van der Waals surface area (Å²) in [4.78, 5) is 21.6. The smallest absolute Gasteiger partial charge is 0.490 e. The van der Waals surface area contributed by atoms with E-state index in [1.54, 1.807) is 19.2 Å². The second-order valence-electron chi connectivity index (χ2n) is 8.33. The third kappa shape index (κ3) is 6.32. The maximum atomic E-state index is 12.7. The second-order valence-corrected chi connectivity index (χ2v) is 8.33. The Kier molecular flexibility index (Phi) is 8.01. The summed E-state index contributed by atoms with van der Waals surface area (Å²) >= 11 is 0. The maximum Gasteiger partial charge on any atom is 0.490 e. The number of rotatable bonds is 6. The first-order valence-corrected chi connectivity index (χ1v) is 11.5. The number of aliphatic carboxylic acids is 1. The van der Waals surface area contributed by atoms with Gasteiger partial charge < -0.3 is 24.3 Å². The molecule has 0 saturated heterocycles. The Balaban J connectivity index is 0.000000426. The van der Waals surface area contributed by atoms with E-state index in [0.29, 0.717) is 31.0 Å². The number of alkyl halides is 3. The van der Waals surface area contributed by atoms with Crippen LogP contribution >= 0.6 is 0 Å². The van der Waals surface area contributed by atoms with Crippen LogP contribution < -0.4 is 10.1 Å². The summed E-state index contributed by atoms with van der Waals surface area (Å²) in [6, 6.07) is 17.5. The number of fused-ring (bicyclic) bond motifs is 2. The van der Waals surface area contributed by atoms with Crippen molar-refractivity contribution in [2.24, 2.45) is 0 Å². The Morgan fingerprint density at radius 3 is 2.61 bits per heavy atom. The molecule has 0 bridgehead atoms. The molecule has 4 aromatic rings. The quantitative estimate of drug-likeness (QED) is 0.380. The number of para-hydroxylation sites is 1. The minimum Gasteiger partial charge on any atom is -0.493 e. The lowest BCUT2D eigenvalue weighted by atomic mass is 10.1. The summed E-state index contributed by atoms with van der Waals surface area (Å²) in [5.74, 6) is -2.21. The van der Waals surface area contributed by atoms with Crippen LogP contribution in [-0.4, -0.2) is 53.2 Å². The van der Waals surface area contributed by atoms with Crippen molar-refractivity contribution < 1.29 is 41.8 Å². The van der Waals surface area contributed by atoms with E-state index in [1.165, 1.54) is 5.56 Å². The number of carbonyl (C=O) groups is 2. The molecule has 0 radical (unpaired) electrons. The van der Waals surface area contributed by atoms with Gasteiger partial charge in [0.1, 0.15) is 6.10 Å². The monoisotopic (exact) mass is 531 g/mol. The highest BCUT2D eigenvalue weighted by Crippen LogP contribution is 2.29. The number of carbonyl (C=O) groups excluding carboxylic acids is 1. The number of amides is 1. The number of ether oxygens (including phenoxy) is 2. The first kappa shape index (κ1) is 26.7. The molecule has 1 aliphatic heterocycles. The molecule has 9 nitrogen and oxygen atoms in total. The van der Waals surface area contributed by atoms with Crippen LogP contribution in [0, 0.1) is 0 Å². The zero-order valence-electron chi connectivity index (χ0n) is 20.2. The Labute approximate surface area is 214 Å².